The molecule has 6 heteroatoms. The van der Waals surface area contributed by atoms with E-state index in [1.807, 2.05) is 7.05 Å². The molecule has 0 aliphatic carbocycles. The number of piperidine rings is 1. The van der Waals surface area contributed by atoms with E-state index in [9.17, 15) is 0 Å². The lowest BCUT2D eigenvalue weighted by molar-refractivity contribution is 0.201. The van der Waals surface area contributed by atoms with Gasteiger partial charge in [0.25, 0.3) is 0 Å². The molecule has 3 unspecified atom stereocenters. The SMILES string of the molecule is CN=C(NCC(C)CN1CCCCC1)NC1CN(C(C)C)CC1C.I. The summed E-state index contributed by atoms with van der Waals surface area (Å²) in [5.74, 6) is 2.27. The second kappa shape index (κ2) is 11.6. The first-order valence-electron chi connectivity index (χ1n) is 9.93. The van der Waals surface area contributed by atoms with Crippen LogP contribution >= 0.6 is 24.0 Å². The molecule has 2 N–H and O–H groups in total. The molecule has 2 rings (SSSR count). The van der Waals surface area contributed by atoms with Gasteiger partial charge in [0, 0.05) is 45.3 Å². The molecule has 0 bridgehead atoms. The van der Waals surface area contributed by atoms with E-state index in [1.165, 1.54) is 45.4 Å². The normalized spacial score (nSPS) is 27.2. The average Bonchev–Trinajstić information content (AvgIpc) is 2.93. The lowest BCUT2D eigenvalue weighted by Crippen LogP contribution is -2.48. The highest BCUT2D eigenvalue weighted by atomic mass is 127. The maximum Gasteiger partial charge on any atom is 0.191 e. The molecule has 0 aromatic rings. The van der Waals surface area contributed by atoms with Gasteiger partial charge in [0.15, 0.2) is 5.96 Å². The molecule has 148 valence electrons. The Hall–Kier alpha value is -0.0800. The van der Waals surface area contributed by atoms with Crippen LogP contribution in [0.25, 0.3) is 0 Å². The van der Waals surface area contributed by atoms with Gasteiger partial charge in [0.2, 0.25) is 0 Å². The van der Waals surface area contributed by atoms with E-state index in [4.69, 9.17) is 0 Å². The fraction of sp³-hybridized carbons (Fsp3) is 0.947. The molecule has 0 aromatic carbocycles. The van der Waals surface area contributed by atoms with Crippen LogP contribution in [0.2, 0.25) is 0 Å². The molecule has 0 saturated carbocycles. The van der Waals surface area contributed by atoms with E-state index in [0.29, 0.717) is 23.9 Å². The third-order valence-electron chi connectivity index (χ3n) is 5.55. The predicted molar refractivity (Wildman–Crippen MR) is 119 cm³/mol. The molecule has 2 aliphatic rings. The second-order valence-electron chi connectivity index (χ2n) is 8.20. The Morgan fingerprint density at radius 2 is 1.80 bits per heavy atom. The number of likely N-dealkylation sites (tertiary alicyclic amines) is 2. The minimum absolute atomic E-state index is 0. The molecule has 2 heterocycles. The number of guanidine groups is 1. The van der Waals surface area contributed by atoms with Crippen molar-refractivity contribution >= 4 is 29.9 Å². The van der Waals surface area contributed by atoms with Gasteiger partial charge in [0.1, 0.15) is 0 Å². The first-order valence-corrected chi connectivity index (χ1v) is 9.93. The van der Waals surface area contributed by atoms with Crippen molar-refractivity contribution in [1.29, 1.82) is 0 Å². The van der Waals surface area contributed by atoms with Crippen molar-refractivity contribution in [1.82, 2.24) is 20.4 Å². The number of hydrogen-bond acceptors (Lipinski definition) is 3. The molecule has 2 saturated heterocycles. The molecule has 25 heavy (non-hydrogen) atoms. The molecule has 0 radical (unpaired) electrons. The van der Waals surface area contributed by atoms with Crippen LogP contribution in [0.3, 0.4) is 0 Å². The van der Waals surface area contributed by atoms with E-state index in [-0.39, 0.29) is 24.0 Å². The summed E-state index contributed by atoms with van der Waals surface area (Å²) in [4.78, 5) is 9.60. The monoisotopic (exact) mass is 465 g/mol. The zero-order chi connectivity index (χ0) is 17.5. The molecule has 0 spiro atoms. The Bertz CT molecular complexity index is 395. The van der Waals surface area contributed by atoms with E-state index < -0.39 is 0 Å². The fourth-order valence-electron chi connectivity index (χ4n) is 3.90. The van der Waals surface area contributed by atoms with Crippen molar-refractivity contribution in [2.45, 2.75) is 59.0 Å². The van der Waals surface area contributed by atoms with Crippen molar-refractivity contribution in [3.05, 3.63) is 0 Å². The van der Waals surface area contributed by atoms with Crippen LogP contribution in [0.15, 0.2) is 4.99 Å². The molecule has 2 aliphatic heterocycles. The average molecular weight is 465 g/mol. The summed E-state index contributed by atoms with van der Waals surface area (Å²) in [6, 6.07) is 1.12. The van der Waals surface area contributed by atoms with Gasteiger partial charge in [-0.1, -0.05) is 20.3 Å². The van der Waals surface area contributed by atoms with Crippen molar-refractivity contribution < 1.29 is 0 Å². The summed E-state index contributed by atoms with van der Waals surface area (Å²) >= 11 is 0. The highest BCUT2D eigenvalue weighted by Crippen LogP contribution is 2.18. The highest BCUT2D eigenvalue weighted by Gasteiger charge is 2.31. The first kappa shape index (κ1) is 23.0. The van der Waals surface area contributed by atoms with Crippen molar-refractivity contribution in [2.75, 3.05) is 46.3 Å². The maximum absolute atomic E-state index is 4.44. The van der Waals surface area contributed by atoms with Crippen LogP contribution < -0.4 is 10.6 Å². The maximum atomic E-state index is 4.44. The number of halogens is 1. The van der Waals surface area contributed by atoms with Crippen molar-refractivity contribution in [2.24, 2.45) is 16.8 Å². The van der Waals surface area contributed by atoms with Crippen LogP contribution in [0, 0.1) is 11.8 Å². The van der Waals surface area contributed by atoms with Gasteiger partial charge in [-0.3, -0.25) is 9.89 Å². The van der Waals surface area contributed by atoms with Gasteiger partial charge in [-0.05, 0) is 51.6 Å². The van der Waals surface area contributed by atoms with E-state index in [2.05, 4.69) is 53.1 Å². The second-order valence-corrected chi connectivity index (χ2v) is 8.20. The lowest BCUT2D eigenvalue weighted by atomic mass is 10.1. The molecule has 2 fully saturated rings. The standard InChI is InChI=1S/C19H39N5.HI/c1-15(2)24-13-17(4)18(14-24)22-19(20-5)21-11-16(3)12-23-9-7-6-8-10-23;/h15-18H,6-14H2,1-5H3,(H2,20,21,22);1H. The Balaban J connectivity index is 0.00000312. The van der Waals surface area contributed by atoms with E-state index in [1.54, 1.807) is 0 Å². The number of aliphatic imine (C=N–C) groups is 1. The molecule has 0 aromatic heterocycles. The number of rotatable bonds is 6. The van der Waals surface area contributed by atoms with Crippen LogP contribution in [-0.2, 0) is 0 Å². The largest absolute Gasteiger partial charge is 0.356 e. The van der Waals surface area contributed by atoms with E-state index in [0.717, 1.165) is 19.0 Å². The number of nitrogens with one attached hydrogen (secondary N) is 2. The Morgan fingerprint density at radius 3 is 2.36 bits per heavy atom. The molecule has 5 nitrogen and oxygen atoms in total. The molecule has 3 atom stereocenters. The van der Waals surface area contributed by atoms with Crippen LogP contribution in [0.1, 0.15) is 47.0 Å². The van der Waals surface area contributed by atoms with Crippen LogP contribution in [0.5, 0.6) is 0 Å². The summed E-state index contributed by atoms with van der Waals surface area (Å²) in [5.41, 5.74) is 0. The first-order chi connectivity index (χ1) is 11.5. The third-order valence-corrected chi connectivity index (χ3v) is 5.55. The van der Waals surface area contributed by atoms with Gasteiger partial charge in [-0.25, -0.2) is 0 Å². The van der Waals surface area contributed by atoms with Crippen molar-refractivity contribution in [3.63, 3.8) is 0 Å². The Morgan fingerprint density at radius 1 is 1.12 bits per heavy atom. The van der Waals surface area contributed by atoms with E-state index >= 15 is 0 Å². The smallest absolute Gasteiger partial charge is 0.191 e. The topological polar surface area (TPSA) is 42.9 Å². The molecular formula is C19H40IN5. The minimum atomic E-state index is 0. The van der Waals surface area contributed by atoms with Gasteiger partial charge in [-0.15, -0.1) is 24.0 Å². The van der Waals surface area contributed by atoms with Crippen LogP contribution in [-0.4, -0.2) is 74.2 Å². The zero-order valence-electron chi connectivity index (χ0n) is 16.9. The Labute approximate surface area is 172 Å². The van der Waals surface area contributed by atoms with Gasteiger partial charge in [-0.2, -0.15) is 0 Å². The van der Waals surface area contributed by atoms with Gasteiger partial charge < -0.3 is 15.5 Å². The minimum Gasteiger partial charge on any atom is -0.356 e. The molecule has 0 amide bonds. The number of hydrogen-bond donors (Lipinski definition) is 2. The van der Waals surface area contributed by atoms with Crippen molar-refractivity contribution in [3.8, 4) is 0 Å². The van der Waals surface area contributed by atoms with Gasteiger partial charge >= 0.3 is 0 Å². The fourth-order valence-corrected chi connectivity index (χ4v) is 3.90. The summed E-state index contributed by atoms with van der Waals surface area (Å²) in [7, 11) is 1.88. The number of nitrogens with zero attached hydrogens (tertiary/aromatic N) is 3. The summed E-state index contributed by atoms with van der Waals surface area (Å²) < 4.78 is 0. The third kappa shape index (κ3) is 7.59. The van der Waals surface area contributed by atoms with Gasteiger partial charge in [0.05, 0.1) is 0 Å². The quantitative estimate of drug-likeness (QED) is 0.360. The summed E-state index contributed by atoms with van der Waals surface area (Å²) in [6.45, 7) is 16.3. The summed E-state index contributed by atoms with van der Waals surface area (Å²) in [5, 5.41) is 7.19. The lowest BCUT2D eigenvalue weighted by Gasteiger charge is -2.29. The molecular weight excluding hydrogens is 425 g/mol. The Kier molecular flexibility index (Phi) is 10.6. The predicted octanol–water partition coefficient (Wildman–Crippen LogP) is 2.62. The summed E-state index contributed by atoms with van der Waals surface area (Å²) in [6.07, 6.45) is 4.15. The van der Waals surface area contributed by atoms with Crippen LogP contribution in [0.4, 0.5) is 0 Å². The highest BCUT2D eigenvalue weighted by molar-refractivity contribution is 14.0. The zero-order valence-corrected chi connectivity index (χ0v) is 19.3.